The van der Waals surface area contributed by atoms with Gasteiger partial charge in [-0.15, -0.1) is 0 Å². The average molecular weight is 380 g/mol. The van der Waals surface area contributed by atoms with Crippen molar-refractivity contribution in [3.8, 4) is 0 Å². The second-order valence-electron chi connectivity index (χ2n) is 5.06. The average Bonchev–Trinajstić information content (AvgIpc) is 3.09. The number of rotatable bonds is 3. The highest BCUT2D eigenvalue weighted by atomic mass is 127. The van der Waals surface area contributed by atoms with Crippen LogP contribution in [-0.4, -0.2) is 19.3 Å². The van der Waals surface area contributed by atoms with Crippen LogP contribution < -0.4 is 4.90 Å². The molecule has 0 bridgehead atoms. The van der Waals surface area contributed by atoms with Crippen LogP contribution in [0.4, 0.5) is 11.6 Å². The molecule has 3 rings (SSSR count). The van der Waals surface area contributed by atoms with Crippen molar-refractivity contribution in [3.05, 3.63) is 45.2 Å². The lowest BCUT2D eigenvalue weighted by Crippen LogP contribution is -2.16. The number of hydrogen-bond acceptors (Lipinski definition) is 3. The van der Waals surface area contributed by atoms with Crippen LogP contribution in [0.2, 0.25) is 0 Å². The van der Waals surface area contributed by atoms with E-state index in [1.807, 2.05) is 18.2 Å². The molecule has 1 saturated heterocycles. The first-order valence-electron chi connectivity index (χ1n) is 6.87. The SMILES string of the molecule is Cc1cc(N=Cc2ccc(N3CCCC3)o2)ccc1I. The van der Waals surface area contributed by atoms with Crippen molar-refractivity contribution in [1.29, 1.82) is 0 Å². The normalized spacial score (nSPS) is 15.4. The summed E-state index contributed by atoms with van der Waals surface area (Å²) in [6.45, 7) is 4.29. The van der Waals surface area contributed by atoms with Gasteiger partial charge in [0.25, 0.3) is 0 Å². The number of nitrogens with zero attached hydrogens (tertiary/aromatic N) is 2. The van der Waals surface area contributed by atoms with E-state index in [0.717, 1.165) is 30.4 Å². The van der Waals surface area contributed by atoms with E-state index in [4.69, 9.17) is 4.42 Å². The number of aliphatic imine (C=N–C) groups is 1. The predicted molar refractivity (Wildman–Crippen MR) is 91.3 cm³/mol. The Kier molecular flexibility index (Phi) is 4.10. The van der Waals surface area contributed by atoms with Gasteiger partial charge < -0.3 is 9.32 Å². The largest absolute Gasteiger partial charge is 0.440 e. The molecule has 1 fully saturated rings. The number of aryl methyl sites for hydroxylation is 1. The van der Waals surface area contributed by atoms with Crippen molar-refractivity contribution in [2.24, 2.45) is 4.99 Å². The number of furan rings is 1. The van der Waals surface area contributed by atoms with Crippen LogP contribution in [0, 0.1) is 10.5 Å². The van der Waals surface area contributed by atoms with Crippen LogP contribution in [0.25, 0.3) is 0 Å². The highest BCUT2D eigenvalue weighted by molar-refractivity contribution is 14.1. The first-order chi connectivity index (χ1) is 9.72. The maximum absolute atomic E-state index is 5.82. The van der Waals surface area contributed by atoms with E-state index >= 15 is 0 Å². The second kappa shape index (κ2) is 5.99. The highest BCUT2D eigenvalue weighted by Gasteiger charge is 2.14. The molecule has 2 heterocycles. The Morgan fingerprint density at radius 3 is 2.75 bits per heavy atom. The lowest BCUT2D eigenvalue weighted by molar-refractivity contribution is 0.550. The number of halogens is 1. The summed E-state index contributed by atoms with van der Waals surface area (Å²) in [5.74, 6) is 1.77. The maximum atomic E-state index is 5.82. The van der Waals surface area contributed by atoms with E-state index in [1.54, 1.807) is 6.21 Å². The molecule has 2 aromatic rings. The topological polar surface area (TPSA) is 28.7 Å². The lowest BCUT2D eigenvalue weighted by Gasteiger charge is -2.12. The first kappa shape index (κ1) is 13.7. The van der Waals surface area contributed by atoms with Crippen molar-refractivity contribution in [3.63, 3.8) is 0 Å². The van der Waals surface area contributed by atoms with Gasteiger partial charge in [0.2, 0.25) is 0 Å². The van der Waals surface area contributed by atoms with Gasteiger partial charge in [-0.2, -0.15) is 0 Å². The van der Waals surface area contributed by atoms with Crippen molar-refractivity contribution in [2.45, 2.75) is 19.8 Å². The van der Waals surface area contributed by atoms with Crippen molar-refractivity contribution < 1.29 is 4.42 Å². The fourth-order valence-electron chi connectivity index (χ4n) is 2.37. The third-order valence-corrected chi connectivity index (χ3v) is 4.72. The Hall–Kier alpha value is -1.30. The summed E-state index contributed by atoms with van der Waals surface area (Å²) in [6.07, 6.45) is 4.30. The zero-order valence-corrected chi connectivity index (χ0v) is 13.6. The molecule has 0 aliphatic carbocycles. The van der Waals surface area contributed by atoms with Crippen LogP contribution in [0.1, 0.15) is 24.2 Å². The summed E-state index contributed by atoms with van der Waals surface area (Å²) in [7, 11) is 0. The molecule has 1 aromatic carbocycles. The van der Waals surface area contributed by atoms with Gasteiger partial charge in [0.05, 0.1) is 11.9 Å². The summed E-state index contributed by atoms with van der Waals surface area (Å²) >= 11 is 2.33. The molecule has 4 heteroatoms. The van der Waals surface area contributed by atoms with Crippen LogP contribution in [0.3, 0.4) is 0 Å². The van der Waals surface area contributed by atoms with Crippen LogP contribution >= 0.6 is 22.6 Å². The van der Waals surface area contributed by atoms with Gasteiger partial charge in [-0.05, 0) is 72.2 Å². The van der Waals surface area contributed by atoms with Crippen LogP contribution in [0.5, 0.6) is 0 Å². The molecule has 3 nitrogen and oxygen atoms in total. The standard InChI is InChI=1S/C16H17IN2O/c1-12-10-13(4-6-15(12)17)18-11-14-5-7-16(20-14)19-8-2-3-9-19/h4-7,10-11H,2-3,8-9H2,1H3. The molecule has 1 aliphatic rings. The van der Waals surface area contributed by atoms with Gasteiger partial charge in [-0.25, -0.2) is 0 Å². The molecule has 1 aliphatic heterocycles. The molecular formula is C16H17IN2O. The fraction of sp³-hybridized carbons (Fsp3) is 0.312. The van der Waals surface area contributed by atoms with Gasteiger partial charge >= 0.3 is 0 Å². The fourth-order valence-corrected chi connectivity index (χ4v) is 2.70. The third-order valence-electron chi connectivity index (χ3n) is 3.51. The second-order valence-corrected chi connectivity index (χ2v) is 6.22. The number of benzene rings is 1. The predicted octanol–water partition coefficient (Wildman–Crippen LogP) is 4.54. The summed E-state index contributed by atoms with van der Waals surface area (Å²) < 4.78 is 7.08. The van der Waals surface area contributed by atoms with Gasteiger partial charge in [-0.3, -0.25) is 4.99 Å². The van der Waals surface area contributed by atoms with Gasteiger partial charge in [-0.1, -0.05) is 0 Å². The maximum Gasteiger partial charge on any atom is 0.196 e. The zero-order valence-electron chi connectivity index (χ0n) is 11.5. The zero-order chi connectivity index (χ0) is 13.9. The summed E-state index contributed by atoms with van der Waals surface area (Å²) in [6, 6.07) is 10.2. The molecule has 0 radical (unpaired) electrons. The Morgan fingerprint density at radius 1 is 1.20 bits per heavy atom. The van der Waals surface area contributed by atoms with E-state index in [0.29, 0.717) is 0 Å². The van der Waals surface area contributed by atoms with E-state index in [2.05, 4.69) is 51.5 Å². The summed E-state index contributed by atoms with van der Waals surface area (Å²) in [4.78, 5) is 6.76. The number of anilines is 1. The molecule has 104 valence electrons. The minimum atomic E-state index is 0.808. The number of hydrogen-bond donors (Lipinski definition) is 0. The third kappa shape index (κ3) is 3.06. The van der Waals surface area contributed by atoms with Gasteiger partial charge in [0, 0.05) is 22.7 Å². The molecule has 0 saturated carbocycles. The Bertz CT molecular complexity index is 627. The highest BCUT2D eigenvalue weighted by Crippen LogP contribution is 2.23. The minimum absolute atomic E-state index is 0.808. The summed E-state index contributed by atoms with van der Waals surface area (Å²) in [5, 5.41) is 0. The van der Waals surface area contributed by atoms with Gasteiger partial charge in [0.1, 0.15) is 5.76 Å². The van der Waals surface area contributed by atoms with Crippen LogP contribution in [0.15, 0.2) is 39.7 Å². The molecule has 0 amide bonds. The van der Waals surface area contributed by atoms with Crippen molar-refractivity contribution >= 4 is 40.4 Å². The van der Waals surface area contributed by atoms with Crippen molar-refractivity contribution in [1.82, 2.24) is 0 Å². The van der Waals surface area contributed by atoms with E-state index in [9.17, 15) is 0 Å². The van der Waals surface area contributed by atoms with E-state index in [-0.39, 0.29) is 0 Å². The monoisotopic (exact) mass is 380 g/mol. The lowest BCUT2D eigenvalue weighted by atomic mass is 10.2. The molecular weight excluding hydrogens is 363 g/mol. The van der Waals surface area contributed by atoms with Gasteiger partial charge in [0.15, 0.2) is 5.88 Å². The molecule has 1 aromatic heterocycles. The van der Waals surface area contributed by atoms with Crippen LogP contribution in [-0.2, 0) is 0 Å². The quantitative estimate of drug-likeness (QED) is 0.578. The van der Waals surface area contributed by atoms with Crippen molar-refractivity contribution in [2.75, 3.05) is 18.0 Å². The Labute approximate surface area is 132 Å². The smallest absolute Gasteiger partial charge is 0.196 e. The van der Waals surface area contributed by atoms with E-state index < -0.39 is 0 Å². The van der Waals surface area contributed by atoms with E-state index in [1.165, 1.54) is 22.0 Å². The molecule has 0 N–H and O–H groups in total. The Balaban J connectivity index is 1.73. The Morgan fingerprint density at radius 2 is 2.00 bits per heavy atom. The first-order valence-corrected chi connectivity index (χ1v) is 7.95. The minimum Gasteiger partial charge on any atom is -0.440 e. The molecule has 0 unspecified atom stereocenters. The summed E-state index contributed by atoms with van der Waals surface area (Å²) in [5.41, 5.74) is 2.21. The molecule has 0 spiro atoms. The molecule has 20 heavy (non-hydrogen) atoms. The molecule has 0 atom stereocenters.